The topological polar surface area (TPSA) is 3.24 Å². The average Bonchev–Trinajstić information content (AvgIpc) is 2.53. The Labute approximate surface area is 89.8 Å². The van der Waals surface area contributed by atoms with Crippen LogP contribution in [0.2, 0.25) is 0 Å². The molecule has 0 spiro atoms. The third-order valence-electron chi connectivity index (χ3n) is 2.38. The van der Waals surface area contributed by atoms with Gasteiger partial charge in [0, 0.05) is 23.2 Å². The molecule has 0 radical (unpaired) electrons. The van der Waals surface area contributed by atoms with Crippen molar-refractivity contribution in [2.45, 2.75) is 12.8 Å². The summed E-state index contributed by atoms with van der Waals surface area (Å²) >= 11 is 3.52. The number of hydrogen-bond acceptors (Lipinski definition) is 1. The number of benzene rings is 1. The van der Waals surface area contributed by atoms with E-state index >= 15 is 0 Å². The van der Waals surface area contributed by atoms with Crippen LogP contribution < -0.4 is 10.2 Å². The van der Waals surface area contributed by atoms with Gasteiger partial charge in [-0.15, -0.1) is 9.24 Å². The van der Waals surface area contributed by atoms with E-state index in [1.165, 1.54) is 41.4 Å². The summed E-state index contributed by atoms with van der Waals surface area (Å²) in [5, 5.41) is 1.25. The van der Waals surface area contributed by atoms with Crippen LogP contribution in [0.4, 0.5) is 5.69 Å². The molecule has 0 N–H and O–H groups in total. The zero-order chi connectivity index (χ0) is 9.26. The van der Waals surface area contributed by atoms with Gasteiger partial charge in [0.1, 0.15) is 0 Å². The first-order valence-electron chi connectivity index (χ1n) is 4.57. The van der Waals surface area contributed by atoms with E-state index in [4.69, 9.17) is 0 Å². The minimum Gasteiger partial charge on any atom is -0.371 e. The van der Waals surface area contributed by atoms with E-state index in [2.05, 4.69) is 48.3 Å². The van der Waals surface area contributed by atoms with E-state index in [9.17, 15) is 0 Å². The number of anilines is 1. The Morgan fingerprint density at radius 3 is 2.46 bits per heavy atom. The van der Waals surface area contributed by atoms with Crippen molar-refractivity contribution in [3.05, 3.63) is 22.7 Å². The minimum absolute atomic E-state index is 1.17. The van der Waals surface area contributed by atoms with Crippen molar-refractivity contribution in [1.29, 1.82) is 0 Å². The summed E-state index contributed by atoms with van der Waals surface area (Å²) in [6.45, 7) is 2.42. The molecule has 1 aliphatic heterocycles. The Hall–Kier alpha value is -0.0700. The van der Waals surface area contributed by atoms with Gasteiger partial charge < -0.3 is 4.90 Å². The van der Waals surface area contributed by atoms with E-state index in [1.807, 2.05) is 0 Å². The van der Waals surface area contributed by atoms with Crippen molar-refractivity contribution in [2.75, 3.05) is 18.0 Å². The number of halogens is 1. The van der Waals surface area contributed by atoms with Crippen molar-refractivity contribution in [1.82, 2.24) is 0 Å². The lowest BCUT2D eigenvalue weighted by atomic mass is 10.3. The molecule has 0 bridgehead atoms. The molecular weight excluding hydrogens is 245 g/mol. The third kappa shape index (κ3) is 2.24. The summed E-state index contributed by atoms with van der Waals surface area (Å²) in [6, 6.07) is 6.53. The molecule has 1 aromatic carbocycles. The predicted molar refractivity (Wildman–Crippen MR) is 64.9 cm³/mol. The second-order valence-electron chi connectivity index (χ2n) is 3.44. The summed E-state index contributed by atoms with van der Waals surface area (Å²) in [4.78, 5) is 2.44. The molecule has 3 heteroatoms. The van der Waals surface area contributed by atoms with Gasteiger partial charge in [-0.2, -0.15) is 0 Å². The van der Waals surface area contributed by atoms with Crippen LogP contribution in [-0.2, 0) is 0 Å². The Morgan fingerprint density at radius 2 is 1.85 bits per heavy atom. The Kier molecular flexibility index (Phi) is 2.90. The van der Waals surface area contributed by atoms with Crippen LogP contribution >= 0.6 is 25.2 Å². The van der Waals surface area contributed by atoms with Crippen LogP contribution in [0, 0.1) is 0 Å². The summed E-state index contributed by atoms with van der Waals surface area (Å²) in [5.41, 5.74) is 1.34. The van der Waals surface area contributed by atoms with Crippen LogP contribution in [0.15, 0.2) is 22.7 Å². The second-order valence-corrected chi connectivity index (χ2v) is 5.02. The Balaban J connectivity index is 2.28. The number of hydrogen-bond donors (Lipinski definition) is 0. The fourth-order valence-electron chi connectivity index (χ4n) is 1.75. The van der Waals surface area contributed by atoms with Gasteiger partial charge >= 0.3 is 0 Å². The summed E-state index contributed by atoms with van der Waals surface area (Å²) < 4.78 is 1.17. The molecular formula is C10H13BrNP. The standard InChI is InChI=1S/C10H13BrNP/c11-8-5-9(7-10(13)6-8)12-3-1-2-4-12/h5-7H,1-4,13H2. The molecule has 70 valence electrons. The largest absolute Gasteiger partial charge is 0.371 e. The predicted octanol–water partition coefficient (Wildman–Crippen LogP) is 2.55. The second kappa shape index (κ2) is 3.98. The van der Waals surface area contributed by atoms with Gasteiger partial charge in [0.15, 0.2) is 0 Å². The molecule has 0 aromatic heterocycles. The molecule has 1 atom stereocenters. The molecule has 1 unspecified atom stereocenters. The van der Waals surface area contributed by atoms with Gasteiger partial charge in [-0.05, 0) is 36.3 Å². The lowest BCUT2D eigenvalue weighted by Gasteiger charge is -2.18. The highest BCUT2D eigenvalue weighted by Crippen LogP contribution is 2.23. The van der Waals surface area contributed by atoms with Gasteiger partial charge in [0.05, 0.1) is 0 Å². The summed E-state index contributed by atoms with van der Waals surface area (Å²) in [5.74, 6) is 0. The molecule has 1 fully saturated rings. The normalized spacial score (nSPS) is 16.6. The monoisotopic (exact) mass is 257 g/mol. The SMILES string of the molecule is Pc1cc(Br)cc(N2CCCC2)c1. The van der Waals surface area contributed by atoms with Crippen LogP contribution in [0.5, 0.6) is 0 Å². The fourth-order valence-corrected chi connectivity index (χ4v) is 2.85. The molecule has 1 aliphatic rings. The maximum Gasteiger partial charge on any atom is 0.0383 e. The maximum absolute atomic E-state index is 3.52. The quantitative estimate of drug-likeness (QED) is 0.700. The van der Waals surface area contributed by atoms with E-state index < -0.39 is 0 Å². The molecule has 1 saturated heterocycles. The Bertz CT molecular complexity index is 288. The van der Waals surface area contributed by atoms with Crippen molar-refractivity contribution in [2.24, 2.45) is 0 Å². The lowest BCUT2D eigenvalue weighted by molar-refractivity contribution is 0.949. The van der Waals surface area contributed by atoms with Gasteiger partial charge in [0.25, 0.3) is 0 Å². The molecule has 1 nitrogen and oxygen atoms in total. The Morgan fingerprint density at radius 1 is 1.15 bits per heavy atom. The van der Waals surface area contributed by atoms with Crippen LogP contribution in [0.3, 0.4) is 0 Å². The van der Waals surface area contributed by atoms with E-state index in [1.54, 1.807) is 0 Å². The summed E-state index contributed by atoms with van der Waals surface area (Å²) in [7, 11) is 2.75. The van der Waals surface area contributed by atoms with E-state index in [0.29, 0.717) is 0 Å². The molecule has 1 heterocycles. The number of rotatable bonds is 1. The molecule has 0 saturated carbocycles. The van der Waals surface area contributed by atoms with Gasteiger partial charge in [-0.3, -0.25) is 0 Å². The van der Waals surface area contributed by atoms with E-state index in [-0.39, 0.29) is 0 Å². The van der Waals surface area contributed by atoms with Gasteiger partial charge in [-0.25, -0.2) is 0 Å². The first-order valence-corrected chi connectivity index (χ1v) is 5.94. The number of nitrogens with zero attached hydrogens (tertiary/aromatic N) is 1. The van der Waals surface area contributed by atoms with Gasteiger partial charge in [-0.1, -0.05) is 15.9 Å². The average molecular weight is 258 g/mol. The third-order valence-corrected chi connectivity index (χ3v) is 3.17. The highest BCUT2D eigenvalue weighted by atomic mass is 79.9. The fraction of sp³-hybridized carbons (Fsp3) is 0.400. The van der Waals surface area contributed by atoms with E-state index in [0.717, 1.165) is 0 Å². The molecule has 0 amide bonds. The minimum atomic E-state index is 1.17. The van der Waals surface area contributed by atoms with Crippen LogP contribution in [0.1, 0.15) is 12.8 Å². The highest BCUT2D eigenvalue weighted by Gasteiger charge is 2.12. The molecule has 1 aromatic rings. The zero-order valence-electron chi connectivity index (χ0n) is 7.46. The molecule has 0 aliphatic carbocycles. The lowest BCUT2D eigenvalue weighted by Crippen LogP contribution is -2.18. The first kappa shape index (κ1) is 9.48. The van der Waals surface area contributed by atoms with Crippen LogP contribution in [-0.4, -0.2) is 13.1 Å². The zero-order valence-corrected chi connectivity index (χ0v) is 10.2. The van der Waals surface area contributed by atoms with Crippen LogP contribution in [0.25, 0.3) is 0 Å². The van der Waals surface area contributed by atoms with Crippen molar-refractivity contribution in [3.8, 4) is 0 Å². The van der Waals surface area contributed by atoms with Crippen molar-refractivity contribution in [3.63, 3.8) is 0 Å². The summed E-state index contributed by atoms with van der Waals surface area (Å²) in [6.07, 6.45) is 2.66. The first-order chi connectivity index (χ1) is 6.25. The highest BCUT2D eigenvalue weighted by molar-refractivity contribution is 9.10. The van der Waals surface area contributed by atoms with Crippen molar-refractivity contribution >= 4 is 36.2 Å². The molecule has 2 rings (SSSR count). The maximum atomic E-state index is 3.52. The molecule has 13 heavy (non-hydrogen) atoms. The van der Waals surface area contributed by atoms with Crippen molar-refractivity contribution < 1.29 is 0 Å². The smallest absolute Gasteiger partial charge is 0.0383 e. The van der Waals surface area contributed by atoms with Gasteiger partial charge in [0.2, 0.25) is 0 Å².